The molecule has 0 aromatic rings. The Labute approximate surface area is 244 Å². The minimum absolute atomic E-state index is 0.0154. The predicted octanol–water partition coefficient (Wildman–Crippen LogP) is 3.02. The van der Waals surface area contributed by atoms with Crippen molar-refractivity contribution in [3.63, 3.8) is 0 Å². The van der Waals surface area contributed by atoms with Gasteiger partial charge < -0.3 is 30.3 Å². The Kier molecular flexibility index (Phi) is 8.89. The van der Waals surface area contributed by atoms with Crippen molar-refractivity contribution in [3.05, 3.63) is 11.6 Å². The fourth-order valence-corrected chi connectivity index (χ4v) is 9.69. The number of esters is 1. The lowest BCUT2D eigenvalue weighted by Crippen LogP contribution is -2.67. The van der Waals surface area contributed by atoms with E-state index >= 15 is 0 Å². The number of aliphatic hydroxyl groups is 2. The summed E-state index contributed by atoms with van der Waals surface area (Å²) >= 11 is 0. The summed E-state index contributed by atoms with van der Waals surface area (Å²) in [5.74, 6) is 0.389. The zero-order chi connectivity index (χ0) is 29.4. The molecule has 0 aromatic carbocycles. The molecule has 4 saturated carbocycles. The van der Waals surface area contributed by atoms with Crippen molar-refractivity contribution >= 4 is 17.8 Å². The minimum atomic E-state index is -0.964. The second kappa shape index (κ2) is 12.0. The lowest BCUT2D eigenvalue weighted by Gasteiger charge is -2.65. The molecule has 4 fully saturated rings. The smallest absolute Gasteiger partial charge is 0.331 e. The maximum Gasteiger partial charge on any atom is 0.331 e. The number of rotatable bonds is 10. The van der Waals surface area contributed by atoms with Gasteiger partial charge in [0.15, 0.2) is 0 Å². The number of nitrogens with one attached hydrogen (secondary N) is 2. The van der Waals surface area contributed by atoms with Gasteiger partial charge in [0.05, 0.1) is 17.8 Å². The summed E-state index contributed by atoms with van der Waals surface area (Å²) in [6.45, 7) is 5.34. The van der Waals surface area contributed by atoms with E-state index in [-0.39, 0.29) is 60.3 Å². The van der Waals surface area contributed by atoms with Gasteiger partial charge in [-0.2, -0.15) is 0 Å². The van der Waals surface area contributed by atoms with Gasteiger partial charge in [0.25, 0.3) is 0 Å². The van der Waals surface area contributed by atoms with E-state index in [9.17, 15) is 24.6 Å². The van der Waals surface area contributed by atoms with Gasteiger partial charge in [-0.25, -0.2) is 4.79 Å². The first kappa shape index (κ1) is 30.5. The van der Waals surface area contributed by atoms with Crippen LogP contribution in [0.4, 0.5) is 0 Å². The maximum atomic E-state index is 12.4. The molecular formula is C32H50N2O7. The average Bonchev–Trinajstić information content (AvgIpc) is 3.50. The highest BCUT2D eigenvalue weighted by molar-refractivity contribution is 5.85. The van der Waals surface area contributed by atoms with E-state index in [4.69, 9.17) is 9.47 Å². The molecule has 4 aliphatic carbocycles. The third-order valence-corrected chi connectivity index (χ3v) is 12.2. The van der Waals surface area contributed by atoms with Crippen LogP contribution in [-0.2, 0) is 23.9 Å². The minimum Gasteiger partial charge on any atom is -0.458 e. The molecular weight excluding hydrogens is 524 g/mol. The molecule has 0 radical (unpaired) electrons. The van der Waals surface area contributed by atoms with Crippen molar-refractivity contribution in [1.29, 1.82) is 0 Å². The number of ether oxygens (including phenoxy) is 2. The molecule has 4 N–H and O–H groups in total. The summed E-state index contributed by atoms with van der Waals surface area (Å²) in [6.07, 6.45) is 10.8. The fraction of sp³-hybridized carbons (Fsp3) is 0.844. The molecule has 0 bridgehead atoms. The van der Waals surface area contributed by atoms with Crippen molar-refractivity contribution in [2.45, 2.75) is 109 Å². The van der Waals surface area contributed by atoms with Crippen LogP contribution in [0.5, 0.6) is 0 Å². The quantitative estimate of drug-likeness (QED) is 0.233. The summed E-state index contributed by atoms with van der Waals surface area (Å²) in [6, 6.07) is 0. The number of carbonyl (C=O) groups excluding carboxylic acids is 3. The fourth-order valence-electron chi connectivity index (χ4n) is 9.69. The number of cyclic esters (lactones) is 1. The Hall–Kier alpha value is -1.97. The van der Waals surface area contributed by atoms with E-state index < -0.39 is 17.1 Å². The molecule has 2 amide bonds. The van der Waals surface area contributed by atoms with E-state index in [1.165, 1.54) is 0 Å². The SMILES string of the molecule is CNC(=O)CCCCCNC(=O)CO[C@H]1CC[C@@]2(C)[C@H](CC[C@@H]3[C@@H]2C[C@@H](O)[C@]2(C)[C@@H](C4=CC(=O)OC4)CC[C@]32O)C1. The molecule has 230 valence electrons. The summed E-state index contributed by atoms with van der Waals surface area (Å²) < 4.78 is 11.3. The molecule has 5 aliphatic rings. The first-order valence-corrected chi connectivity index (χ1v) is 15.9. The first-order chi connectivity index (χ1) is 19.5. The first-order valence-electron chi connectivity index (χ1n) is 15.9. The topological polar surface area (TPSA) is 134 Å². The number of carbonyl (C=O) groups is 3. The van der Waals surface area contributed by atoms with Crippen LogP contribution in [0.2, 0.25) is 0 Å². The van der Waals surface area contributed by atoms with Crippen molar-refractivity contribution in [1.82, 2.24) is 10.6 Å². The molecule has 1 aliphatic heterocycles. The number of aliphatic hydroxyl groups excluding tert-OH is 1. The number of hydrogen-bond donors (Lipinski definition) is 4. The van der Waals surface area contributed by atoms with E-state index in [2.05, 4.69) is 17.6 Å². The number of unbranched alkanes of at least 4 members (excludes halogenated alkanes) is 2. The summed E-state index contributed by atoms with van der Waals surface area (Å²) in [5, 5.41) is 29.6. The van der Waals surface area contributed by atoms with Gasteiger partial charge in [0.1, 0.15) is 13.2 Å². The van der Waals surface area contributed by atoms with Gasteiger partial charge in [0.2, 0.25) is 11.8 Å². The van der Waals surface area contributed by atoms with E-state index in [1.54, 1.807) is 13.1 Å². The van der Waals surface area contributed by atoms with Crippen molar-refractivity contribution in [3.8, 4) is 0 Å². The Balaban J connectivity index is 1.14. The largest absolute Gasteiger partial charge is 0.458 e. The number of amides is 2. The van der Waals surface area contributed by atoms with E-state index in [1.807, 2.05) is 6.92 Å². The van der Waals surface area contributed by atoms with E-state index in [0.717, 1.165) is 63.4 Å². The van der Waals surface area contributed by atoms with E-state index in [0.29, 0.717) is 31.7 Å². The normalized spacial score (nSPS) is 41.5. The Morgan fingerprint density at radius 2 is 1.85 bits per heavy atom. The summed E-state index contributed by atoms with van der Waals surface area (Å²) in [5.41, 5.74) is -0.710. The van der Waals surface area contributed by atoms with Gasteiger partial charge >= 0.3 is 5.97 Å². The molecule has 41 heavy (non-hydrogen) atoms. The van der Waals surface area contributed by atoms with Crippen LogP contribution in [0.25, 0.3) is 0 Å². The maximum absolute atomic E-state index is 12.4. The van der Waals surface area contributed by atoms with Crippen LogP contribution in [0.1, 0.15) is 90.9 Å². The van der Waals surface area contributed by atoms with Crippen LogP contribution in [-0.4, -0.2) is 72.6 Å². The molecule has 0 spiro atoms. The number of hydrogen-bond acceptors (Lipinski definition) is 7. The van der Waals surface area contributed by atoms with Crippen LogP contribution in [0, 0.1) is 34.5 Å². The predicted molar refractivity (Wildman–Crippen MR) is 152 cm³/mol. The molecule has 0 unspecified atom stereocenters. The van der Waals surface area contributed by atoms with Crippen LogP contribution >= 0.6 is 0 Å². The second-order valence-electron chi connectivity index (χ2n) is 13.9. The molecule has 9 nitrogen and oxygen atoms in total. The van der Waals surface area contributed by atoms with Gasteiger partial charge in [-0.1, -0.05) is 20.3 Å². The highest BCUT2D eigenvalue weighted by Gasteiger charge is 2.70. The standard InChI is InChI=1S/C32H50N2O7/c1-30-12-10-22(40-19-28(37)34-14-6-4-5-7-27(36)33-3)16-21(30)8-9-24-25(30)17-26(35)31(2)23(11-13-32(24,31)39)20-15-29(38)41-18-20/h15,21-26,35,39H,4-14,16-19H2,1-3H3,(H,33,36)(H,34,37)/t21-,22+,23-,24-,25+,26-,30+,31+,32+/m1/s1. The molecule has 1 heterocycles. The third-order valence-electron chi connectivity index (χ3n) is 12.2. The molecule has 9 atom stereocenters. The molecule has 9 heteroatoms. The summed E-state index contributed by atoms with van der Waals surface area (Å²) in [4.78, 5) is 35.5. The highest BCUT2D eigenvalue weighted by atomic mass is 16.5. The Bertz CT molecular complexity index is 1050. The molecule has 0 saturated heterocycles. The number of fused-ring (bicyclic) bond motifs is 5. The highest BCUT2D eigenvalue weighted by Crippen LogP contribution is 2.70. The summed E-state index contributed by atoms with van der Waals surface area (Å²) in [7, 11) is 1.64. The zero-order valence-corrected chi connectivity index (χ0v) is 25.1. The zero-order valence-electron chi connectivity index (χ0n) is 25.1. The molecule has 0 aromatic heterocycles. The van der Waals surface area contributed by atoms with Crippen molar-refractivity contribution < 1.29 is 34.1 Å². The van der Waals surface area contributed by atoms with Crippen LogP contribution < -0.4 is 10.6 Å². The van der Waals surface area contributed by atoms with Crippen LogP contribution in [0.15, 0.2) is 11.6 Å². The van der Waals surface area contributed by atoms with Crippen molar-refractivity contribution in [2.75, 3.05) is 26.8 Å². The van der Waals surface area contributed by atoms with Gasteiger partial charge in [-0.15, -0.1) is 0 Å². The third kappa shape index (κ3) is 5.47. The van der Waals surface area contributed by atoms with Crippen molar-refractivity contribution in [2.24, 2.45) is 34.5 Å². The second-order valence-corrected chi connectivity index (χ2v) is 13.9. The molecule has 5 rings (SSSR count). The average molecular weight is 575 g/mol. The monoisotopic (exact) mass is 574 g/mol. The Morgan fingerprint density at radius 1 is 1.05 bits per heavy atom. The van der Waals surface area contributed by atoms with Crippen LogP contribution in [0.3, 0.4) is 0 Å². The lowest BCUT2D eigenvalue weighted by atomic mass is 9.42. The Morgan fingerprint density at radius 3 is 2.59 bits per heavy atom. The van der Waals surface area contributed by atoms with Gasteiger partial charge in [0, 0.05) is 31.5 Å². The van der Waals surface area contributed by atoms with Gasteiger partial charge in [-0.05, 0) is 98.9 Å². The lowest BCUT2D eigenvalue weighted by molar-refractivity contribution is -0.245. The van der Waals surface area contributed by atoms with Gasteiger partial charge in [-0.3, -0.25) is 9.59 Å².